The lowest BCUT2D eigenvalue weighted by atomic mass is 9.60. The van der Waals surface area contributed by atoms with Gasteiger partial charge in [0.25, 0.3) is 0 Å². The van der Waals surface area contributed by atoms with E-state index in [0.717, 1.165) is 19.6 Å². The molecule has 110 valence electrons. The van der Waals surface area contributed by atoms with Crippen molar-refractivity contribution in [3.05, 3.63) is 0 Å². The molecule has 2 unspecified atom stereocenters. The van der Waals surface area contributed by atoms with Crippen molar-refractivity contribution in [2.75, 3.05) is 27.2 Å². The molecule has 1 N–H and O–H groups in total. The highest BCUT2D eigenvalue weighted by Crippen LogP contribution is 2.56. The minimum atomic E-state index is 0.264. The van der Waals surface area contributed by atoms with Crippen molar-refractivity contribution in [1.29, 1.82) is 0 Å². The van der Waals surface area contributed by atoms with Crippen LogP contribution in [0, 0.1) is 5.41 Å². The van der Waals surface area contributed by atoms with Gasteiger partial charge >= 0.3 is 0 Å². The van der Waals surface area contributed by atoms with Gasteiger partial charge in [0.2, 0.25) is 5.91 Å². The Bertz CT molecular complexity index is 313. The van der Waals surface area contributed by atoms with Gasteiger partial charge in [0.05, 0.1) is 6.10 Å². The van der Waals surface area contributed by atoms with E-state index in [0.29, 0.717) is 18.6 Å². The number of carbonyl (C=O) groups excluding carboxylic acids is 1. The zero-order valence-electron chi connectivity index (χ0n) is 12.6. The van der Waals surface area contributed by atoms with Gasteiger partial charge in [0.15, 0.2) is 0 Å². The quantitative estimate of drug-likeness (QED) is 0.798. The Hall–Kier alpha value is -0.610. The lowest BCUT2D eigenvalue weighted by Gasteiger charge is -2.57. The summed E-state index contributed by atoms with van der Waals surface area (Å²) in [5, 5.41) is 3.05. The molecule has 0 aromatic carbocycles. The highest BCUT2D eigenvalue weighted by molar-refractivity contribution is 5.76. The highest BCUT2D eigenvalue weighted by Gasteiger charge is 2.58. The van der Waals surface area contributed by atoms with Gasteiger partial charge in [-0.3, -0.25) is 4.79 Å². The second kappa shape index (κ2) is 6.23. The predicted molar refractivity (Wildman–Crippen MR) is 76.0 cm³/mol. The van der Waals surface area contributed by atoms with Crippen molar-refractivity contribution in [3.8, 4) is 0 Å². The zero-order chi connectivity index (χ0) is 13.9. The van der Waals surface area contributed by atoms with E-state index in [-0.39, 0.29) is 11.3 Å². The normalized spacial score (nSPS) is 28.4. The Morgan fingerprint density at radius 2 is 2.11 bits per heavy atom. The lowest BCUT2D eigenvalue weighted by molar-refractivity contribution is -0.172. The van der Waals surface area contributed by atoms with Gasteiger partial charge in [-0.2, -0.15) is 0 Å². The first-order chi connectivity index (χ1) is 9.15. The second-order valence-electron chi connectivity index (χ2n) is 5.99. The maximum atomic E-state index is 12.2. The average Bonchev–Trinajstić information content (AvgIpc) is 2.92. The number of hydrogen-bond acceptors (Lipinski definition) is 3. The molecule has 1 spiro atoms. The largest absolute Gasteiger partial charge is 0.378 e. The smallest absolute Gasteiger partial charge is 0.223 e. The molecule has 2 aliphatic rings. The van der Waals surface area contributed by atoms with Gasteiger partial charge < -0.3 is 15.0 Å². The molecule has 0 radical (unpaired) electrons. The van der Waals surface area contributed by atoms with E-state index in [4.69, 9.17) is 4.74 Å². The van der Waals surface area contributed by atoms with Crippen LogP contribution < -0.4 is 5.32 Å². The van der Waals surface area contributed by atoms with Crippen LogP contribution in [-0.2, 0) is 9.53 Å². The van der Waals surface area contributed by atoms with Gasteiger partial charge in [-0.05, 0) is 33.2 Å². The summed E-state index contributed by atoms with van der Waals surface area (Å²) in [6.07, 6.45) is 7.04. The van der Waals surface area contributed by atoms with Crippen LogP contribution in [0.5, 0.6) is 0 Å². The lowest BCUT2D eigenvalue weighted by Crippen LogP contribution is -2.64. The molecule has 0 aromatic rings. The molecular formula is C15H28N2O2. The van der Waals surface area contributed by atoms with Crippen molar-refractivity contribution >= 4 is 5.91 Å². The van der Waals surface area contributed by atoms with E-state index >= 15 is 0 Å². The third-order valence-electron chi connectivity index (χ3n) is 5.09. The molecule has 2 fully saturated rings. The standard InChI is InChI=1S/C15H28N2O2/c1-4-19-13-11-12(15(13)8-5-6-9-15)17(3)14(18)7-10-16-2/h12-13,16H,4-11H2,1-3H3. The number of amides is 1. The Kier molecular flexibility index (Phi) is 4.85. The summed E-state index contributed by atoms with van der Waals surface area (Å²) >= 11 is 0. The Morgan fingerprint density at radius 1 is 1.42 bits per heavy atom. The fourth-order valence-electron chi connectivity index (χ4n) is 3.98. The molecule has 2 aliphatic carbocycles. The molecule has 0 aromatic heterocycles. The number of hydrogen-bond donors (Lipinski definition) is 1. The molecule has 2 saturated carbocycles. The van der Waals surface area contributed by atoms with Gasteiger partial charge in [0.1, 0.15) is 0 Å². The van der Waals surface area contributed by atoms with E-state index < -0.39 is 0 Å². The molecule has 19 heavy (non-hydrogen) atoms. The number of rotatable bonds is 6. The van der Waals surface area contributed by atoms with Gasteiger partial charge in [-0.1, -0.05) is 12.8 Å². The van der Waals surface area contributed by atoms with Crippen molar-refractivity contribution < 1.29 is 9.53 Å². The van der Waals surface area contributed by atoms with Crippen LogP contribution in [0.1, 0.15) is 45.4 Å². The summed E-state index contributed by atoms with van der Waals surface area (Å²) in [6, 6.07) is 0.399. The minimum absolute atomic E-state index is 0.264. The fourth-order valence-corrected chi connectivity index (χ4v) is 3.98. The van der Waals surface area contributed by atoms with Crippen LogP contribution in [0.25, 0.3) is 0 Å². The Balaban J connectivity index is 1.98. The first kappa shape index (κ1) is 14.8. The summed E-state index contributed by atoms with van der Waals surface area (Å²) < 4.78 is 5.91. The highest BCUT2D eigenvalue weighted by atomic mass is 16.5. The minimum Gasteiger partial charge on any atom is -0.378 e. The summed E-state index contributed by atoms with van der Waals surface area (Å²) in [6.45, 7) is 3.62. The fraction of sp³-hybridized carbons (Fsp3) is 0.933. The van der Waals surface area contributed by atoms with Crippen molar-refractivity contribution in [2.45, 2.75) is 57.6 Å². The van der Waals surface area contributed by atoms with Gasteiger partial charge in [-0.15, -0.1) is 0 Å². The van der Waals surface area contributed by atoms with Crippen LogP contribution in [-0.4, -0.2) is 50.2 Å². The molecule has 0 heterocycles. The van der Waals surface area contributed by atoms with Crippen LogP contribution in [0.2, 0.25) is 0 Å². The van der Waals surface area contributed by atoms with Crippen molar-refractivity contribution in [3.63, 3.8) is 0 Å². The van der Waals surface area contributed by atoms with E-state index in [9.17, 15) is 4.79 Å². The first-order valence-electron chi connectivity index (χ1n) is 7.67. The molecule has 1 amide bonds. The van der Waals surface area contributed by atoms with Crippen LogP contribution >= 0.6 is 0 Å². The van der Waals surface area contributed by atoms with E-state index in [2.05, 4.69) is 12.2 Å². The van der Waals surface area contributed by atoms with Crippen LogP contribution in [0.4, 0.5) is 0 Å². The van der Waals surface area contributed by atoms with E-state index in [1.807, 2.05) is 19.0 Å². The van der Waals surface area contributed by atoms with Crippen LogP contribution in [0.15, 0.2) is 0 Å². The molecular weight excluding hydrogens is 240 g/mol. The SMILES string of the molecule is CCOC1CC(N(C)C(=O)CCNC)C12CCCC2. The second-order valence-corrected chi connectivity index (χ2v) is 5.99. The number of carbonyl (C=O) groups is 1. The monoisotopic (exact) mass is 268 g/mol. The molecule has 2 atom stereocenters. The Labute approximate surface area is 116 Å². The third-order valence-corrected chi connectivity index (χ3v) is 5.09. The van der Waals surface area contributed by atoms with Crippen LogP contribution in [0.3, 0.4) is 0 Å². The summed E-state index contributed by atoms with van der Waals surface area (Å²) in [5.41, 5.74) is 0.264. The Morgan fingerprint density at radius 3 is 2.68 bits per heavy atom. The predicted octanol–water partition coefficient (Wildman–Crippen LogP) is 1.79. The number of ether oxygens (including phenoxy) is 1. The van der Waals surface area contributed by atoms with E-state index in [1.54, 1.807) is 0 Å². The third kappa shape index (κ3) is 2.65. The number of nitrogens with one attached hydrogen (secondary N) is 1. The molecule has 2 rings (SSSR count). The maximum Gasteiger partial charge on any atom is 0.223 e. The topological polar surface area (TPSA) is 41.6 Å². The van der Waals surface area contributed by atoms with Crippen molar-refractivity contribution in [1.82, 2.24) is 10.2 Å². The summed E-state index contributed by atoms with van der Waals surface area (Å²) in [7, 11) is 3.87. The molecule has 0 saturated heterocycles. The summed E-state index contributed by atoms with van der Waals surface area (Å²) in [5.74, 6) is 0.264. The molecule has 4 heteroatoms. The first-order valence-corrected chi connectivity index (χ1v) is 7.67. The number of nitrogens with zero attached hydrogens (tertiary/aromatic N) is 1. The van der Waals surface area contributed by atoms with Gasteiger partial charge in [-0.25, -0.2) is 0 Å². The maximum absolute atomic E-state index is 12.2. The van der Waals surface area contributed by atoms with E-state index in [1.165, 1.54) is 25.7 Å². The summed E-state index contributed by atoms with van der Waals surface area (Å²) in [4.78, 5) is 14.2. The van der Waals surface area contributed by atoms with Gasteiger partial charge in [0, 0.05) is 38.1 Å². The zero-order valence-corrected chi connectivity index (χ0v) is 12.6. The van der Waals surface area contributed by atoms with Crippen molar-refractivity contribution in [2.24, 2.45) is 5.41 Å². The molecule has 4 nitrogen and oxygen atoms in total. The average molecular weight is 268 g/mol. The molecule has 0 bridgehead atoms. The molecule has 0 aliphatic heterocycles.